The predicted molar refractivity (Wildman–Crippen MR) is 93.6 cm³/mol. The monoisotopic (exact) mass is 307 g/mol. The molecule has 2 aliphatic rings. The lowest BCUT2D eigenvalue weighted by atomic mass is 10.1. The molecule has 1 saturated heterocycles. The molecular formula is C18H17N3S. The molecule has 22 heavy (non-hydrogen) atoms. The Hall–Kier alpha value is -2.07. The zero-order valence-electron chi connectivity index (χ0n) is 12.2. The fourth-order valence-electron chi connectivity index (χ4n) is 2.89. The average molecular weight is 307 g/mol. The molecule has 2 unspecified atom stereocenters. The number of rotatable bonds is 3. The van der Waals surface area contributed by atoms with Gasteiger partial charge in [-0.25, -0.2) is 4.99 Å². The lowest BCUT2D eigenvalue weighted by molar-refractivity contribution is 0.339. The first-order valence-electron chi connectivity index (χ1n) is 7.52. The van der Waals surface area contributed by atoms with Gasteiger partial charge in [0.15, 0.2) is 5.17 Å². The lowest BCUT2D eigenvalue weighted by Gasteiger charge is -2.23. The van der Waals surface area contributed by atoms with E-state index < -0.39 is 0 Å². The van der Waals surface area contributed by atoms with Gasteiger partial charge in [0.25, 0.3) is 0 Å². The molecule has 2 heterocycles. The van der Waals surface area contributed by atoms with Gasteiger partial charge in [-0.05, 0) is 11.1 Å². The van der Waals surface area contributed by atoms with Crippen molar-refractivity contribution < 1.29 is 0 Å². The summed E-state index contributed by atoms with van der Waals surface area (Å²) in [6.07, 6.45) is 2.05. The highest BCUT2D eigenvalue weighted by Crippen LogP contribution is 2.38. The number of aliphatic imine (C=N–C) groups is 2. The summed E-state index contributed by atoms with van der Waals surface area (Å²) in [5, 5.41) is 1.14. The molecule has 0 N–H and O–H groups in total. The Kier molecular flexibility index (Phi) is 3.69. The highest BCUT2D eigenvalue weighted by atomic mass is 32.2. The van der Waals surface area contributed by atoms with Crippen LogP contribution >= 0.6 is 11.8 Å². The summed E-state index contributed by atoms with van der Waals surface area (Å²) >= 11 is 1.84. The van der Waals surface area contributed by atoms with Crippen molar-refractivity contribution in [2.75, 3.05) is 12.3 Å². The van der Waals surface area contributed by atoms with Crippen LogP contribution in [0.3, 0.4) is 0 Å². The van der Waals surface area contributed by atoms with Crippen LogP contribution < -0.4 is 0 Å². The standard InChI is InChI=1S/C18H17N3S/c1-3-7-14(8-4-1)13-19-17-16(15-9-5-2-6-10-15)20-18-21(17)11-12-22-18/h1-10,13,16-17H,11-12H2. The molecule has 0 saturated carbocycles. The Balaban J connectivity index is 1.65. The summed E-state index contributed by atoms with van der Waals surface area (Å²) in [5.74, 6) is 1.11. The number of nitrogens with zero attached hydrogens (tertiary/aromatic N) is 3. The van der Waals surface area contributed by atoms with Gasteiger partial charge in [-0.3, -0.25) is 4.99 Å². The van der Waals surface area contributed by atoms with Crippen LogP contribution in [-0.2, 0) is 0 Å². The number of benzene rings is 2. The second-order valence-corrected chi connectivity index (χ2v) is 6.47. The zero-order chi connectivity index (χ0) is 14.8. The van der Waals surface area contributed by atoms with Gasteiger partial charge in [0.05, 0.1) is 0 Å². The number of thioether (sulfide) groups is 1. The van der Waals surface area contributed by atoms with Crippen LogP contribution in [0.25, 0.3) is 0 Å². The maximum Gasteiger partial charge on any atom is 0.161 e. The van der Waals surface area contributed by atoms with E-state index in [1.807, 2.05) is 42.2 Å². The Labute approximate surface area is 134 Å². The minimum Gasteiger partial charge on any atom is -0.326 e. The molecule has 0 spiro atoms. The summed E-state index contributed by atoms with van der Waals surface area (Å²) in [6.45, 7) is 1.03. The molecule has 0 aromatic heterocycles. The fraction of sp³-hybridized carbons (Fsp3) is 0.222. The molecule has 2 aromatic rings. The summed E-state index contributed by atoms with van der Waals surface area (Å²) in [5.41, 5.74) is 2.37. The quantitative estimate of drug-likeness (QED) is 0.811. The van der Waals surface area contributed by atoms with Crippen molar-refractivity contribution in [2.24, 2.45) is 9.98 Å². The van der Waals surface area contributed by atoms with E-state index in [0.29, 0.717) is 0 Å². The van der Waals surface area contributed by atoms with Crippen LogP contribution in [0, 0.1) is 0 Å². The van der Waals surface area contributed by atoms with Crippen LogP contribution in [-0.4, -0.2) is 34.7 Å². The first-order valence-corrected chi connectivity index (χ1v) is 8.51. The van der Waals surface area contributed by atoms with Crippen molar-refractivity contribution >= 4 is 23.1 Å². The van der Waals surface area contributed by atoms with Gasteiger partial charge in [0.2, 0.25) is 0 Å². The van der Waals surface area contributed by atoms with Gasteiger partial charge in [-0.1, -0.05) is 72.4 Å². The molecule has 0 bridgehead atoms. The normalized spacial score (nSPS) is 23.8. The van der Waals surface area contributed by atoms with Crippen molar-refractivity contribution in [3.63, 3.8) is 0 Å². The average Bonchev–Trinajstić information content (AvgIpc) is 3.16. The van der Waals surface area contributed by atoms with E-state index in [1.165, 1.54) is 5.56 Å². The van der Waals surface area contributed by atoms with Crippen LogP contribution in [0.4, 0.5) is 0 Å². The molecule has 1 fully saturated rings. The van der Waals surface area contributed by atoms with Gasteiger partial charge in [-0.15, -0.1) is 0 Å². The Morgan fingerprint density at radius 3 is 2.55 bits per heavy atom. The molecule has 110 valence electrons. The number of amidine groups is 1. The third-order valence-corrected chi connectivity index (χ3v) is 4.96. The number of fused-ring (bicyclic) bond motifs is 1. The van der Waals surface area contributed by atoms with E-state index in [-0.39, 0.29) is 12.2 Å². The summed E-state index contributed by atoms with van der Waals surface area (Å²) in [7, 11) is 0. The second-order valence-electron chi connectivity index (χ2n) is 5.41. The van der Waals surface area contributed by atoms with Crippen molar-refractivity contribution in [2.45, 2.75) is 12.2 Å². The van der Waals surface area contributed by atoms with E-state index >= 15 is 0 Å². The second kappa shape index (κ2) is 5.97. The molecule has 0 amide bonds. The Bertz CT molecular complexity index is 697. The van der Waals surface area contributed by atoms with Gasteiger partial charge < -0.3 is 4.90 Å². The summed E-state index contributed by atoms with van der Waals surface area (Å²) in [4.78, 5) is 12.1. The van der Waals surface area contributed by atoms with E-state index in [2.05, 4.69) is 41.3 Å². The first kappa shape index (κ1) is 13.6. The first-order chi connectivity index (χ1) is 10.9. The Morgan fingerprint density at radius 1 is 1.05 bits per heavy atom. The highest BCUT2D eigenvalue weighted by molar-refractivity contribution is 8.14. The molecule has 2 aromatic carbocycles. The molecular weight excluding hydrogens is 290 g/mol. The maximum absolute atomic E-state index is 4.91. The van der Waals surface area contributed by atoms with Crippen LogP contribution in [0.1, 0.15) is 17.2 Å². The largest absolute Gasteiger partial charge is 0.326 e. The van der Waals surface area contributed by atoms with Crippen molar-refractivity contribution in [1.82, 2.24) is 4.90 Å². The van der Waals surface area contributed by atoms with Crippen LogP contribution in [0.2, 0.25) is 0 Å². The van der Waals surface area contributed by atoms with Crippen LogP contribution in [0.5, 0.6) is 0 Å². The smallest absolute Gasteiger partial charge is 0.161 e. The molecule has 0 radical (unpaired) electrons. The van der Waals surface area contributed by atoms with E-state index in [9.17, 15) is 0 Å². The molecule has 2 atom stereocenters. The van der Waals surface area contributed by atoms with Gasteiger partial charge in [0, 0.05) is 18.5 Å². The number of hydrogen-bond acceptors (Lipinski definition) is 4. The lowest BCUT2D eigenvalue weighted by Crippen LogP contribution is -2.32. The summed E-state index contributed by atoms with van der Waals surface area (Å²) < 4.78 is 0. The minimum absolute atomic E-state index is 0.0765. The van der Waals surface area contributed by atoms with Gasteiger partial charge in [-0.2, -0.15) is 0 Å². The molecule has 3 nitrogen and oxygen atoms in total. The topological polar surface area (TPSA) is 28.0 Å². The van der Waals surface area contributed by atoms with Gasteiger partial charge in [0.1, 0.15) is 12.2 Å². The molecule has 0 aliphatic carbocycles. The third-order valence-electron chi connectivity index (χ3n) is 3.98. The predicted octanol–water partition coefficient (Wildman–Crippen LogP) is 3.59. The highest BCUT2D eigenvalue weighted by Gasteiger charge is 2.39. The SMILES string of the molecule is C(=NC1C(c2ccccc2)N=C2SCCN21)c1ccccc1. The molecule has 4 heteroatoms. The number of hydrogen-bond donors (Lipinski definition) is 0. The molecule has 2 aliphatic heterocycles. The minimum atomic E-state index is 0.0765. The van der Waals surface area contributed by atoms with E-state index in [0.717, 1.165) is 23.0 Å². The van der Waals surface area contributed by atoms with Crippen molar-refractivity contribution in [1.29, 1.82) is 0 Å². The van der Waals surface area contributed by atoms with Crippen molar-refractivity contribution in [3.8, 4) is 0 Å². The maximum atomic E-state index is 4.91. The van der Waals surface area contributed by atoms with E-state index in [4.69, 9.17) is 9.98 Å². The van der Waals surface area contributed by atoms with Crippen LogP contribution in [0.15, 0.2) is 70.6 Å². The summed E-state index contributed by atoms with van der Waals surface area (Å²) in [6, 6.07) is 20.8. The third kappa shape index (κ3) is 2.55. The fourth-order valence-corrected chi connectivity index (χ4v) is 3.91. The van der Waals surface area contributed by atoms with Gasteiger partial charge >= 0.3 is 0 Å². The van der Waals surface area contributed by atoms with Crippen molar-refractivity contribution in [3.05, 3.63) is 71.8 Å². The molecule has 4 rings (SSSR count). The van der Waals surface area contributed by atoms with E-state index in [1.54, 1.807) is 0 Å². The zero-order valence-corrected chi connectivity index (χ0v) is 13.0. The Morgan fingerprint density at radius 2 is 1.77 bits per heavy atom.